The second-order valence-corrected chi connectivity index (χ2v) is 5.57. The Morgan fingerprint density at radius 1 is 1.39 bits per heavy atom. The predicted octanol–water partition coefficient (Wildman–Crippen LogP) is 2.04. The topological polar surface area (TPSA) is 67.1 Å². The highest BCUT2D eigenvalue weighted by molar-refractivity contribution is 5.58. The summed E-state index contributed by atoms with van der Waals surface area (Å²) in [5.41, 5.74) is 3.71. The molecule has 0 radical (unpaired) electrons. The van der Waals surface area contributed by atoms with Crippen LogP contribution in [-0.4, -0.2) is 23.6 Å². The van der Waals surface area contributed by atoms with Gasteiger partial charge in [0.15, 0.2) is 0 Å². The van der Waals surface area contributed by atoms with E-state index in [1.54, 1.807) is 0 Å². The van der Waals surface area contributed by atoms with Gasteiger partial charge in [0.1, 0.15) is 17.5 Å². The Kier molecular flexibility index (Phi) is 3.71. The van der Waals surface area contributed by atoms with E-state index in [-0.39, 0.29) is 0 Å². The maximum absolute atomic E-state index is 5.55. The summed E-state index contributed by atoms with van der Waals surface area (Å²) < 4.78 is 0. The number of hydrogen-bond donors (Lipinski definition) is 2. The summed E-state index contributed by atoms with van der Waals surface area (Å²) in [4.78, 5) is 11.4. The van der Waals surface area contributed by atoms with E-state index in [1.807, 2.05) is 6.92 Å². The van der Waals surface area contributed by atoms with Gasteiger partial charge in [0.2, 0.25) is 0 Å². The first-order valence-corrected chi connectivity index (χ1v) is 6.59. The molecule has 1 aliphatic carbocycles. The van der Waals surface area contributed by atoms with E-state index >= 15 is 0 Å². The largest absolute Gasteiger partial charge is 0.359 e. The zero-order chi connectivity index (χ0) is 13.3. The molecule has 100 valence electrons. The zero-order valence-electron chi connectivity index (χ0n) is 11.7. The molecular formula is C13H23N5. The maximum atomic E-state index is 5.55. The molecule has 0 unspecified atom stereocenters. The Balaban J connectivity index is 2.34. The van der Waals surface area contributed by atoms with Crippen LogP contribution >= 0.6 is 0 Å². The lowest BCUT2D eigenvalue weighted by Crippen LogP contribution is -2.26. The number of aromatic nitrogens is 2. The van der Waals surface area contributed by atoms with Crippen LogP contribution in [0.4, 0.5) is 11.6 Å². The third kappa shape index (κ3) is 2.72. The molecule has 0 saturated heterocycles. The van der Waals surface area contributed by atoms with Crippen molar-refractivity contribution in [1.29, 1.82) is 0 Å². The van der Waals surface area contributed by atoms with Crippen molar-refractivity contribution < 1.29 is 0 Å². The minimum absolute atomic E-state index is 0.531. The quantitative estimate of drug-likeness (QED) is 0.617. The molecule has 0 atom stereocenters. The van der Waals surface area contributed by atoms with Gasteiger partial charge >= 0.3 is 0 Å². The van der Waals surface area contributed by atoms with E-state index < -0.39 is 0 Å². The van der Waals surface area contributed by atoms with Crippen LogP contribution in [0.25, 0.3) is 0 Å². The molecule has 3 N–H and O–H groups in total. The van der Waals surface area contributed by atoms with Gasteiger partial charge in [0.25, 0.3) is 0 Å². The SMILES string of the molecule is Cc1c(NN)nc(C2CC2)nc1N(C)CC(C)C. The molecule has 1 aromatic rings. The molecule has 5 heteroatoms. The van der Waals surface area contributed by atoms with Crippen molar-refractivity contribution in [1.82, 2.24) is 9.97 Å². The molecule has 0 bridgehead atoms. The fourth-order valence-corrected chi connectivity index (χ4v) is 2.19. The first-order chi connectivity index (χ1) is 8.52. The maximum Gasteiger partial charge on any atom is 0.148 e. The van der Waals surface area contributed by atoms with Crippen molar-refractivity contribution in [2.24, 2.45) is 11.8 Å². The second kappa shape index (κ2) is 5.10. The highest BCUT2D eigenvalue weighted by Crippen LogP contribution is 2.39. The summed E-state index contributed by atoms with van der Waals surface area (Å²) in [6.07, 6.45) is 2.39. The highest BCUT2D eigenvalue weighted by atomic mass is 15.3. The van der Waals surface area contributed by atoms with Gasteiger partial charge in [-0.05, 0) is 25.7 Å². The van der Waals surface area contributed by atoms with Crippen LogP contribution in [0.1, 0.15) is 44.0 Å². The van der Waals surface area contributed by atoms with Crippen LogP contribution in [0.2, 0.25) is 0 Å². The average molecular weight is 249 g/mol. The molecule has 0 amide bonds. The van der Waals surface area contributed by atoms with Crippen molar-refractivity contribution in [3.63, 3.8) is 0 Å². The molecule has 0 aliphatic heterocycles. The minimum Gasteiger partial charge on any atom is -0.359 e. The summed E-state index contributed by atoms with van der Waals surface area (Å²) in [6, 6.07) is 0. The van der Waals surface area contributed by atoms with Gasteiger partial charge in [-0.15, -0.1) is 0 Å². The van der Waals surface area contributed by atoms with Gasteiger partial charge in [-0.2, -0.15) is 0 Å². The first kappa shape index (κ1) is 13.1. The Labute approximate surface area is 109 Å². The number of rotatable bonds is 5. The molecule has 1 saturated carbocycles. The molecular weight excluding hydrogens is 226 g/mol. The van der Waals surface area contributed by atoms with Gasteiger partial charge < -0.3 is 10.3 Å². The summed E-state index contributed by atoms with van der Waals surface area (Å²) in [6.45, 7) is 7.40. The van der Waals surface area contributed by atoms with Crippen molar-refractivity contribution in [2.75, 3.05) is 23.9 Å². The van der Waals surface area contributed by atoms with E-state index in [4.69, 9.17) is 10.8 Å². The predicted molar refractivity (Wildman–Crippen MR) is 74.7 cm³/mol. The normalized spacial score (nSPS) is 15.0. The van der Waals surface area contributed by atoms with E-state index in [0.717, 1.165) is 29.6 Å². The van der Waals surface area contributed by atoms with Crippen LogP contribution in [0, 0.1) is 12.8 Å². The third-order valence-corrected chi connectivity index (χ3v) is 3.22. The number of nitrogens with two attached hydrogens (primary N) is 1. The van der Waals surface area contributed by atoms with Crippen molar-refractivity contribution in [3.8, 4) is 0 Å². The lowest BCUT2D eigenvalue weighted by molar-refractivity contribution is 0.632. The molecule has 2 rings (SSSR count). The number of nitrogen functional groups attached to an aromatic ring is 1. The molecule has 18 heavy (non-hydrogen) atoms. The molecule has 0 spiro atoms. The lowest BCUT2D eigenvalue weighted by atomic mass is 10.2. The molecule has 1 aromatic heterocycles. The third-order valence-electron chi connectivity index (χ3n) is 3.22. The van der Waals surface area contributed by atoms with Crippen LogP contribution in [0.3, 0.4) is 0 Å². The van der Waals surface area contributed by atoms with Crippen molar-refractivity contribution in [2.45, 2.75) is 39.5 Å². The van der Waals surface area contributed by atoms with Gasteiger partial charge in [0, 0.05) is 25.1 Å². The van der Waals surface area contributed by atoms with E-state index in [9.17, 15) is 0 Å². The monoisotopic (exact) mass is 249 g/mol. The Morgan fingerprint density at radius 2 is 2.06 bits per heavy atom. The van der Waals surface area contributed by atoms with E-state index in [2.05, 4.69) is 36.2 Å². The van der Waals surface area contributed by atoms with Crippen LogP contribution in [-0.2, 0) is 0 Å². The standard InChI is InChI=1S/C13H23N5/c1-8(2)7-18(4)13-9(3)11(17-14)15-12(16-13)10-5-6-10/h8,10H,5-7,14H2,1-4H3,(H,15,16,17). The number of anilines is 2. The fourth-order valence-electron chi connectivity index (χ4n) is 2.19. The van der Waals surface area contributed by atoms with Gasteiger partial charge in [-0.25, -0.2) is 15.8 Å². The summed E-state index contributed by atoms with van der Waals surface area (Å²) in [5.74, 6) is 9.35. The first-order valence-electron chi connectivity index (χ1n) is 6.59. The molecule has 1 heterocycles. The van der Waals surface area contributed by atoms with Crippen molar-refractivity contribution >= 4 is 11.6 Å². The number of hydrogen-bond acceptors (Lipinski definition) is 5. The Bertz CT molecular complexity index is 426. The van der Waals surface area contributed by atoms with Crippen LogP contribution in [0.5, 0.6) is 0 Å². The van der Waals surface area contributed by atoms with E-state index in [0.29, 0.717) is 11.8 Å². The fraction of sp³-hybridized carbons (Fsp3) is 0.692. The van der Waals surface area contributed by atoms with Crippen molar-refractivity contribution in [3.05, 3.63) is 11.4 Å². The summed E-state index contributed by atoms with van der Waals surface area (Å²) >= 11 is 0. The minimum atomic E-state index is 0.531. The summed E-state index contributed by atoms with van der Waals surface area (Å²) in [7, 11) is 2.08. The molecule has 1 aliphatic rings. The van der Waals surface area contributed by atoms with Gasteiger partial charge in [0.05, 0.1) is 0 Å². The molecule has 5 nitrogen and oxygen atoms in total. The highest BCUT2D eigenvalue weighted by Gasteiger charge is 2.28. The van der Waals surface area contributed by atoms with Gasteiger partial charge in [-0.1, -0.05) is 13.8 Å². The molecule has 1 fully saturated rings. The van der Waals surface area contributed by atoms with Crippen LogP contribution < -0.4 is 16.2 Å². The van der Waals surface area contributed by atoms with Crippen LogP contribution in [0.15, 0.2) is 0 Å². The second-order valence-electron chi connectivity index (χ2n) is 5.57. The number of nitrogens with one attached hydrogen (secondary N) is 1. The van der Waals surface area contributed by atoms with Gasteiger partial charge in [-0.3, -0.25) is 0 Å². The molecule has 0 aromatic carbocycles. The lowest BCUT2D eigenvalue weighted by Gasteiger charge is -2.23. The van der Waals surface area contributed by atoms with E-state index in [1.165, 1.54) is 12.8 Å². The Morgan fingerprint density at radius 3 is 2.56 bits per heavy atom. The number of nitrogens with zero attached hydrogens (tertiary/aromatic N) is 3. The number of hydrazine groups is 1. The average Bonchev–Trinajstić information content (AvgIpc) is 3.12. The Hall–Kier alpha value is -1.36. The smallest absolute Gasteiger partial charge is 0.148 e. The summed E-state index contributed by atoms with van der Waals surface area (Å²) in [5, 5.41) is 0. The zero-order valence-corrected chi connectivity index (χ0v) is 11.7.